The second-order valence-electron chi connectivity index (χ2n) is 8.85. The SMILES string of the molecule is CC(C)(C)C1CCC2(CCOC2=O)CC1C(C)(C)C. The molecule has 3 unspecified atom stereocenters. The van der Waals surface area contributed by atoms with E-state index in [0.29, 0.717) is 23.9 Å². The van der Waals surface area contributed by atoms with E-state index < -0.39 is 0 Å². The first-order valence-electron chi connectivity index (χ1n) is 7.73. The average Bonchev–Trinajstić information content (AvgIpc) is 2.57. The normalized spacial score (nSPS) is 36.6. The summed E-state index contributed by atoms with van der Waals surface area (Å²) in [5.41, 5.74) is 0.427. The summed E-state index contributed by atoms with van der Waals surface area (Å²) in [6, 6.07) is 0. The minimum absolute atomic E-state index is 0.0779. The van der Waals surface area contributed by atoms with Crippen LogP contribution < -0.4 is 0 Å². The van der Waals surface area contributed by atoms with Gasteiger partial charge in [-0.2, -0.15) is 0 Å². The lowest BCUT2D eigenvalue weighted by molar-refractivity contribution is -0.151. The second kappa shape index (κ2) is 4.49. The molecule has 0 radical (unpaired) electrons. The number of hydrogen-bond acceptors (Lipinski definition) is 2. The first-order chi connectivity index (χ1) is 8.56. The second-order valence-corrected chi connectivity index (χ2v) is 8.85. The lowest BCUT2D eigenvalue weighted by atomic mass is 9.53. The van der Waals surface area contributed by atoms with Crippen molar-refractivity contribution in [2.75, 3.05) is 6.61 Å². The van der Waals surface area contributed by atoms with Crippen molar-refractivity contribution in [1.29, 1.82) is 0 Å². The highest BCUT2D eigenvalue weighted by molar-refractivity contribution is 5.78. The molecule has 0 bridgehead atoms. The van der Waals surface area contributed by atoms with Crippen LogP contribution in [0.2, 0.25) is 0 Å². The first-order valence-corrected chi connectivity index (χ1v) is 7.73. The lowest BCUT2D eigenvalue weighted by Gasteiger charge is -2.51. The summed E-state index contributed by atoms with van der Waals surface area (Å²) < 4.78 is 5.29. The zero-order valence-electron chi connectivity index (χ0n) is 13.5. The number of ether oxygens (including phenoxy) is 1. The molecule has 1 aliphatic carbocycles. The molecule has 0 aromatic carbocycles. The fourth-order valence-electron chi connectivity index (χ4n) is 4.25. The third-order valence-electron chi connectivity index (χ3n) is 5.50. The van der Waals surface area contributed by atoms with Crippen molar-refractivity contribution in [2.45, 2.75) is 67.2 Å². The van der Waals surface area contributed by atoms with E-state index in [1.54, 1.807) is 0 Å². The Balaban J connectivity index is 2.28. The summed E-state index contributed by atoms with van der Waals surface area (Å²) in [6.07, 6.45) is 4.16. The standard InChI is InChI=1S/C17H30O2/c1-15(2,3)12-7-8-17(9-10-19-14(17)18)11-13(12)16(4,5)6/h12-13H,7-11H2,1-6H3. The van der Waals surface area contributed by atoms with Gasteiger partial charge in [0.2, 0.25) is 0 Å². The van der Waals surface area contributed by atoms with Crippen molar-refractivity contribution in [3.8, 4) is 0 Å². The molecule has 110 valence electrons. The third-order valence-corrected chi connectivity index (χ3v) is 5.50. The minimum atomic E-state index is -0.153. The van der Waals surface area contributed by atoms with Crippen LogP contribution in [0.1, 0.15) is 67.2 Å². The van der Waals surface area contributed by atoms with Gasteiger partial charge in [0.05, 0.1) is 12.0 Å². The number of carbonyl (C=O) groups excluding carboxylic acids is 1. The van der Waals surface area contributed by atoms with Crippen molar-refractivity contribution in [2.24, 2.45) is 28.1 Å². The zero-order valence-corrected chi connectivity index (χ0v) is 13.5. The van der Waals surface area contributed by atoms with Crippen LogP contribution in [-0.4, -0.2) is 12.6 Å². The van der Waals surface area contributed by atoms with Crippen molar-refractivity contribution < 1.29 is 9.53 Å². The highest BCUT2D eigenvalue weighted by atomic mass is 16.5. The van der Waals surface area contributed by atoms with Gasteiger partial charge in [-0.25, -0.2) is 0 Å². The van der Waals surface area contributed by atoms with Crippen LogP contribution in [0.4, 0.5) is 0 Å². The van der Waals surface area contributed by atoms with Crippen LogP contribution in [0.15, 0.2) is 0 Å². The molecule has 2 heteroatoms. The summed E-state index contributed by atoms with van der Waals surface area (Å²) in [5, 5.41) is 0. The molecule has 2 rings (SSSR count). The predicted octanol–water partition coefficient (Wildman–Crippen LogP) is 4.43. The van der Waals surface area contributed by atoms with Crippen LogP contribution >= 0.6 is 0 Å². The molecule has 1 heterocycles. The largest absolute Gasteiger partial charge is 0.465 e. The van der Waals surface area contributed by atoms with Crippen molar-refractivity contribution >= 4 is 5.97 Å². The van der Waals surface area contributed by atoms with E-state index in [2.05, 4.69) is 41.5 Å². The van der Waals surface area contributed by atoms with Gasteiger partial charge in [-0.15, -0.1) is 0 Å². The van der Waals surface area contributed by atoms with Gasteiger partial charge < -0.3 is 4.74 Å². The van der Waals surface area contributed by atoms with E-state index in [1.807, 2.05) is 0 Å². The Morgan fingerprint density at radius 3 is 2.00 bits per heavy atom. The first kappa shape index (κ1) is 14.9. The molecular formula is C17H30O2. The molecule has 2 aliphatic rings. The van der Waals surface area contributed by atoms with Gasteiger partial charge >= 0.3 is 5.97 Å². The number of esters is 1. The molecule has 2 nitrogen and oxygen atoms in total. The van der Waals surface area contributed by atoms with E-state index in [9.17, 15) is 4.79 Å². The van der Waals surface area contributed by atoms with Crippen LogP contribution in [0.25, 0.3) is 0 Å². The van der Waals surface area contributed by atoms with Gasteiger partial charge in [-0.1, -0.05) is 41.5 Å². The number of hydrogen-bond donors (Lipinski definition) is 0. The monoisotopic (exact) mass is 266 g/mol. The summed E-state index contributed by atoms with van der Waals surface area (Å²) in [4.78, 5) is 12.2. The quantitative estimate of drug-likeness (QED) is 0.606. The maximum Gasteiger partial charge on any atom is 0.312 e. The molecule has 0 aromatic heterocycles. The Hall–Kier alpha value is -0.530. The maximum atomic E-state index is 12.2. The fraction of sp³-hybridized carbons (Fsp3) is 0.941. The molecule has 19 heavy (non-hydrogen) atoms. The molecule has 1 aliphatic heterocycles. The Labute approximate surface area is 118 Å². The Morgan fingerprint density at radius 2 is 1.58 bits per heavy atom. The van der Waals surface area contributed by atoms with E-state index in [-0.39, 0.29) is 16.8 Å². The summed E-state index contributed by atoms with van der Waals surface area (Å²) in [5.74, 6) is 1.38. The van der Waals surface area contributed by atoms with Crippen LogP contribution in [0, 0.1) is 28.1 Å². The Kier molecular flexibility index (Phi) is 3.52. The highest BCUT2D eigenvalue weighted by Crippen LogP contribution is 2.56. The van der Waals surface area contributed by atoms with Crippen molar-refractivity contribution in [3.05, 3.63) is 0 Å². The molecule has 0 amide bonds. The van der Waals surface area contributed by atoms with E-state index in [1.165, 1.54) is 6.42 Å². The van der Waals surface area contributed by atoms with Crippen molar-refractivity contribution in [3.63, 3.8) is 0 Å². The average molecular weight is 266 g/mol. The molecule has 3 atom stereocenters. The van der Waals surface area contributed by atoms with Gasteiger partial charge in [0, 0.05) is 0 Å². The third kappa shape index (κ3) is 2.68. The zero-order chi connectivity index (χ0) is 14.5. The van der Waals surface area contributed by atoms with E-state index >= 15 is 0 Å². The Bertz CT molecular complexity index is 358. The Morgan fingerprint density at radius 1 is 1.00 bits per heavy atom. The number of carbonyl (C=O) groups is 1. The molecule has 1 saturated heterocycles. The predicted molar refractivity (Wildman–Crippen MR) is 77.8 cm³/mol. The fourth-order valence-corrected chi connectivity index (χ4v) is 4.25. The maximum absolute atomic E-state index is 12.2. The minimum Gasteiger partial charge on any atom is -0.465 e. The molecule has 1 saturated carbocycles. The molecule has 1 spiro atoms. The van der Waals surface area contributed by atoms with Crippen LogP contribution in [0.5, 0.6) is 0 Å². The highest BCUT2D eigenvalue weighted by Gasteiger charge is 2.53. The number of cyclic esters (lactones) is 1. The molecule has 2 fully saturated rings. The van der Waals surface area contributed by atoms with E-state index in [0.717, 1.165) is 19.3 Å². The molecular weight excluding hydrogens is 236 g/mol. The topological polar surface area (TPSA) is 26.3 Å². The van der Waals surface area contributed by atoms with Gasteiger partial charge in [-0.05, 0) is 48.3 Å². The van der Waals surface area contributed by atoms with Crippen molar-refractivity contribution in [1.82, 2.24) is 0 Å². The smallest absolute Gasteiger partial charge is 0.312 e. The van der Waals surface area contributed by atoms with Gasteiger partial charge in [0.1, 0.15) is 0 Å². The van der Waals surface area contributed by atoms with Gasteiger partial charge in [-0.3, -0.25) is 4.79 Å². The van der Waals surface area contributed by atoms with Gasteiger partial charge in [0.25, 0.3) is 0 Å². The summed E-state index contributed by atoms with van der Waals surface area (Å²) >= 11 is 0. The van der Waals surface area contributed by atoms with Crippen LogP contribution in [-0.2, 0) is 9.53 Å². The molecule has 0 N–H and O–H groups in total. The van der Waals surface area contributed by atoms with E-state index in [4.69, 9.17) is 4.74 Å². The summed E-state index contributed by atoms with van der Waals surface area (Å²) in [6.45, 7) is 14.7. The lowest BCUT2D eigenvalue weighted by Crippen LogP contribution is -2.46. The molecule has 0 aromatic rings. The number of rotatable bonds is 0. The van der Waals surface area contributed by atoms with Crippen LogP contribution in [0.3, 0.4) is 0 Å². The summed E-state index contributed by atoms with van der Waals surface area (Å²) in [7, 11) is 0. The van der Waals surface area contributed by atoms with Gasteiger partial charge in [0.15, 0.2) is 0 Å².